The molecule has 1 N–H and O–H groups in total. The zero-order valence-electron chi connectivity index (χ0n) is 11.9. The average molecular weight is 246 g/mol. The summed E-state index contributed by atoms with van der Waals surface area (Å²) >= 11 is 0. The van der Waals surface area contributed by atoms with Gasteiger partial charge >= 0.3 is 0 Å². The Morgan fingerprint density at radius 3 is 2.39 bits per heavy atom. The summed E-state index contributed by atoms with van der Waals surface area (Å²) < 4.78 is 0. The highest BCUT2D eigenvalue weighted by molar-refractivity contribution is 5.31. The molecule has 100 valence electrons. The zero-order valence-corrected chi connectivity index (χ0v) is 11.9. The molecule has 18 heavy (non-hydrogen) atoms. The molecule has 1 unspecified atom stereocenters. The first-order valence-corrected chi connectivity index (χ1v) is 7.10. The van der Waals surface area contributed by atoms with Crippen molar-refractivity contribution in [3.05, 3.63) is 47.5 Å². The second-order valence-electron chi connectivity index (χ2n) is 5.06. The van der Waals surface area contributed by atoms with Crippen LogP contribution in [0, 0.1) is 0 Å². The zero-order chi connectivity index (χ0) is 13.4. The Labute approximate surface area is 112 Å². The summed E-state index contributed by atoms with van der Waals surface area (Å²) in [4.78, 5) is 0. The van der Waals surface area contributed by atoms with E-state index in [-0.39, 0.29) is 0 Å². The van der Waals surface area contributed by atoms with Gasteiger partial charge in [0, 0.05) is 0 Å². The van der Waals surface area contributed by atoms with E-state index in [9.17, 15) is 5.11 Å². The predicted octanol–water partition coefficient (Wildman–Crippen LogP) is 4.81. The third-order valence-electron chi connectivity index (χ3n) is 3.44. The molecule has 1 heteroatoms. The van der Waals surface area contributed by atoms with Gasteiger partial charge in [0.25, 0.3) is 0 Å². The van der Waals surface area contributed by atoms with Gasteiger partial charge in [0.15, 0.2) is 0 Å². The number of benzene rings is 1. The first-order valence-electron chi connectivity index (χ1n) is 7.10. The minimum Gasteiger partial charge on any atom is -0.381 e. The molecule has 0 bridgehead atoms. The lowest BCUT2D eigenvalue weighted by Gasteiger charge is -2.28. The smallest absolute Gasteiger partial charge is 0.108 e. The molecule has 1 aromatic carbocycles. The van der Waals surface area contributed by atoms with E-state index in [4.69, 9.17) is 0 Å². The van der Waals surface area contributed by atoms with Crippen LogP contribution in [0.4, 0.5) is 0 Å². The fourth-order valence-electron chi connectivity index (χ4n) is 2.18. The van der Waals surface area contributed by atoms with Crippen molar-refractivity contribution in [2.75, 3.05) is 0 Å². The molecule has 1 atom stereocenters. The third kappa shape index (κ3) is 3.99. The standard InChI is InChI=1S/C17H26O/c1-4-6-11-15(12-7-5-2)17(3,18)16-13-9-8-10-14-16/h8-11,13-14,18H,4-7,12H2,1-3H3/b15-11+. The van der Waals surface area contributed by atoms with Crippen molar-refractivity contribution in [1.82, 2.24) is 0 Å². The van der Waals surface area contributed by atoms with Crippen LogP contribution in [-0.4, -0.2) is 5.11 Å². The van der Waals surface area contributed by atoms with E-state index >= 15 is 0 Å². The van der Waals surface area contributed by atoms with Gasteiger partial charge in [-0.3, -0.25) is 0 Å². The lowest BCUT2D eigenvalue weighted by molar-refractivity contribution is 0.0927. The minimum absolute atomic E-state index is 0.828. The number of hydrogen-bond donors (Lipinski definition) is 1. The van der Waals surface area contributed by atoms with E-state index in [0.717, 1.165) is 43.2 Å². The molecular weight excluding hydrogens is 220 g/mol. The van der Waals surface area contributed by atoms with Crippen LogP contribution >= 0.6 is 0 Å². The third-order valence-corrected chi connectivity index (χ3v) is 3.44. The van der Waals surface area contributed by atoms with E-state index in [1.165, 1.54) is 0 Å². The van der Waals surface area contributed by atoms with Gasteiger partial charge in [0.2, 0.25) is 0 Å². The highest BCUT2D eigenvalue weighted by Crippen LogP contribution is 2.32. The van der Waals surface area contributed by atoms with Crippen LogP contribution in [0.1, 0.15) is 58.4 Å². The molecule has 1 nitrogen and oxygen atoms in total. The molecule has 0 saturated heterocycles. The molecule has 0 aromatic heterocycles. The van der Waals surface area contributed by atoms with E-state index in [0.29, 0.717) is 0 Å². The van der Waals surface area contributed by atoms with Crippen LogP contribution in [0.2, 0.25) is 0 Å². The quantitative estimate of drug-likeness (QED) is 0.684. The lowest BCUT2D eigenvalue weighted by Crippen LogP contribution is -2.24. The normalized spacial score (nSPS) is 15.4. The summed E-state index contributed by atoms with van der Waals surface area (Å²) in [7, 11) is 0. The number of aliphatic hydroxyl groups is 1. The molecule has 0 amide bonds. The Morgan fingerprint density at radius 1 is 1.17 bits per heavy atom. The molecule has 0 fully saturated rings. The summed E-state index contributed by atoms with van der Waals surface area (Å²) in [5.41, 5.74) is 1.33. The van der Waals surface area contributed by atoms with Crippen LogP contribution in [0.25, 0.3) is 0 Å². The van der Waals surface area contributed by atoms with Crippen LogP contribution in [0.15, 0.2) is 42.0 Å². The largest absolute Gasteiger partial charge is 0.381 e. The second-order valence-corrected chi connectivity index (χ2v) is 5.06. The van der Waals surface area contributed by atoms with Crippen LogP contribution < -0.4 is 0 Å². The van der Waals surface area contributed by atoms with Gasteiger partial charge in [0.1, 0.15) is 5.60 Å². The number of allylic oxidation sites excluding steroid dienone is 1. The summed E-state index contributed by atoms with van der Waals surface area (Å²) in [6.45, 7) is 6.28. The van der Waals surface area contributed by atoms with Crippen molar-refractivity contribution in [1.29, 1.82) is 0 Å². The molecule has 1 rings (SSSR count). The second kappa shape index (κ2) is 7.38. The Morgan fingerprint density at radius 2 is 1.83 bits per heavy atom. The fourth-order valence-corrected chi connectivity index (χ4v) is 2.18. The van der Waals surface area contributed by atoms with Crippen LogP contribution in [0.5, 0.6) is 0 Å². The van der Waals surface area contributed by atoms with Crippen molar-refractivity contribution < 1.29 is 5.11 Å². The highest BCUT2D eigenvalue weighted by atomic mass is 16.3. The van der Waals surface area contributed by atoms with Gasteiger partial charge in [-0.05, 0) is 37.3 Å². The van der Waals surface area contributed by atoms with Gasteiger partial charge in [-0.25, -0.2) is 0 Å². The first kappa shape index (κ1) is 15.0. The van der Waals surface area contributed by atoms with E-state index in [1.54, 1.807) is 0 Å². The van der Waals surface area contributed by atoms with Crippen LogP contribution in [0.3, 0.4) is 0 Å². The maximum Gasteiger partial charge on any atom is 0.108 e. The van der Waals surface area contributed by atoms with E-state index < -0.39 is 5.60 Å². The Bertz CT molecular complexity index is 362. The molecule has 0 spiro atoms. The van der Waals surface area contributed by atoms with Crippen LogP contribution in [-0.2, 0) is 5.60 Å². The summed E-state index contributed by atoms with van der Waals surface area (Å²) in [5, 5.41) is 10.8. The maximum atomic E-state index is 10.8. The van der Waals surface area contributed by atoms with Gasteiger partial charge < -0.3 is 5.11 Å². The molecule has 0 saturated carbocycles. The van der Waals surface area contributed by atoms with Crippen molar-refractivity contribution in [2.24, 2.45) is 0 Å². The predicted molar refractivity (Wildman–Crippen MR) is 78.5 cm³/mol. The molecule has 0 radical (unpaired) electrons. The van der Waals surface area contributed by atoms with E-state index in [2.05, 4.69) is 19.9 Å². The SMILES string of the molecule is CCC/C=C(\CCCC)C(C)(O)c1ccccc1. The van der Waals surface area contributed by atoms with Crippen molar-refractivity contribution in [3.63, 3.8) is 0 Å². The Hall–Kier alpha value is -1.08. The maximum absolute atomic E-state index is 10.8. The molecule has 0 heterocycles. The summed E-state index contributed by atoms with van der Waals surface area (Å²) in [6.07, 6.45) is 7.68. The molecular formula is C17H26O. The van der Waals surface area contributed by atoms with Gasteiger partial charge in [-0.15, -0.1) is 0 Å². The van der Waals surface area contributed by atoms with Gasteiger partial charge in [0.05, 0.1) is 0 Å². The molecule has 0 aliphatic heterocycles. The van der Waals surface area contributed by atoms with Crippen molar-refractivity contribution in [2.45, 2.75) is 58.5 Å². The molecule has 0 aliphatic carbocycles. The van der Waals surface area contributed by atoms with Gasteiger partial charge in [-0.2, -0.15) is 0 Å². The number of unbranched alkanes of at least 4 members (excludes halogenated alkanes) is 2. The molecule has 0 aliphatic rings. The van der Waals surface area contributed by atoms with Crippen molar-refractivity contribution in [3.8, 4) is 0 Å². The lowest BCUT2D eigenvalue weighted by atomic mass is 9.84. The van der Waals surface area contributed by atoms with Crippen molar-refractivity contribution >= 4 is 0 Å². The number of rotatable bonds is 7. The Kier molecular flexibility index (Phi) is 6.14. The minimum atomic E-state index is -0.828. The summed E-state index contributed by atoms with van der Waals surface area (Å²) in [5.74, 6) is 0. The monoisotopic (exact) mass is 246 g/mol. The molecule has 1 aromatic rings. The van der Waals surface area contributed by atoms with E-state index in [1.807, 2.05) is 37.3 Å². The fraction of sp³-hybridized carbons (Fsp3) is 0.529. The highest BCUT2D eigenvalue weighted by Gasteiger charge is 2.26. The first-order chi connectivity index (χ1) is 8.62. The number of hydrogen-bond acceptors (Lipinski definition) is 1. The Balaban J connectivity index is 2.95. The topological polar surface area (TPSA) is 20.2 Å². The summed E-state index contributed by atoms with van der Waals surface area (Å²) in [6, 6.07) is 9.97. The van der Waals surface area contributed by atoms with Gasteiger partial charge in [-0.1, -0.05) is 63.1 Å². The average Bonchev–Trinajstić information content (AvgIpc) is 2.39.